The van der Waals surface area contributed by atoms with Crippen molar-refractivity contribution in [2.24, 2.45) is 0 Å². The summed E-state index contributed by atoms with van der Waals surface area (Å²) in [5.41, 5.74) is 7.68. The van der Waals surface area contributed by atoms with E-state index in [9.17, 15) is 4.79 Å². The van der Waals surface area contributed by atoms with Gasteiger partial charge in [-0.1, -0.05) is 177 Å². The van der Waals surface area contributed by atoms with Crippen LogP contribution < -0.4 is 10.3 Å². The number of unbranched alkanes of at least 4 members (excludes halogenated alkanes) is 1. The molecule has 0 saturated heterocycles. The molecular weight excluding hydrogens is 741 g/mol. The Kier molecular flexibility index (Phi) is 10.9. The number of para-hydroxylation sites is 1. The van der Waals surface area contributed by atoms with Crippen molar-refractivity contribution < 1.29 is 4.74 Å². The Labute approximate surface area is 349 Å². The zero-order chi connectivity index (χ0) is 40.7. The maximum atomic E-state index is 14.3. The molecule has 0 amide bonds. The van der Waals surface area contributed by atoms with E-state index in [0.29, 0.717) is 29.9 Å². The molecule has 60 heavy (non-hydrogen) atoms. The van der Waals surface area contributed by atoms with Gasteiger partial charge in [-0.25, -0.2) is 9.67 Å². The maximum absolute atomic E-state index is 14.3. The molecule has 7 aromatic carbocycles. The Bertz CT molecular complexity index is 2800. The monoisotopic (exact) mass is 784 g/mol. The van der Waals surface area contributed by atoms with Crippen molar-refractivity contribution in [3.05, 3.63) is 232 Å². The van der Waals surface area contributed by atoms with Gasteiger partial charge in [0.1, 0.15) is 23.7 Å². The van der Waals surface area contributed by atoms with Crippen molar-refractivity contribution in [3.63, 3.8) is 0 Å². The number of rotatable bonds is 14. The second kappa shape index (κ2) is 17.2. The molecule has 0 saturated carbocycles. The number of fused-ring (bicyclic) bond motifs is 1. The summed E-state index contributed by atoms with van der Waals surface area (Å²) in [4.78, 5) is 19.3. The highest BCUT2D eigenvalue weighted by molar-refractivity contribution is 5.81. The molecule has 2 aromatic heterocycles. The van der Waals surface area contributed by atoms with Crippen LogP contribution in [0.2, 0.25) is 0 Å². The highest BCUT2D eigenvalue weighted by Crippen LogP contribution is 2.43. The number of ether oxygens (including phenoxy) is 1. The first-order valence-electron chi connectivity index (χ1n) is 20.5. The van der Waals surface area contributed by atoms with Gasteiger partial charge in [0.25, 0.3) is 5.56 Å². The summed E-state index contributed by atoms with van der Waals surface area (Å²) >= 11 is 0. The quantitative estimate of drug-likeness (QED) is 0.102. The van der Waals surface area contributed by atoms with E-state index < -0.39 is 5.54 Å². The molecule has 0 bridgehead atoms. The molecule has 9 aromatic rings. The van der Waals surface area contributed by atoms with E-state index in [-0.39, 0.29) is 5.56 Å². The van der Waals surface area contributed by atoms with Crippen molar-refractivity contribution in [1.82, 2.24) is 29.8 Å². The maximum Gasteiger partial charge on any atom is 0.261 e. The minimum atomic E-state index is -0.883. The van der Waals surface area contributed by atoms with Crippen LogP contribution in [0.1, 0.15) is 53.4 Å². The van der Waals surface area contributed by atoms with E-state index in [0.717, 1.165) is 75.3 Å². The van der Waals surface area contributed by atoms with Crippen LogP contribution in [0.4, 0.5) is 0 Å². The predicted molar refractivity (Wildman–Crippen MR) is 238 cm³/mol. The first-order valence-corrected chi connectivity index (χ1v) is 20.5. The van der Waals surface area contributed by atoms with Gasteiger partial charge in [-0.05, 0) is 80.1 Å². The first kappa shape index (κ1) is 38.1. The van der Waals surface area contributed by atoms with Gasteiger partial charge in [-0.3, -0.25) is 9.36 Å². The van der Waals surface area contributed by atoms with E-state index in [1.807, 2.05) is 88.1 Å². The Morgan fingerprint density at radius 3 is 1.80 bits per heavy atom. The average Bonchev–Trinajstić information content (AvgIpc) is 3.81. The third-order valence-electron chi connectivity index (χ3n) is 11.1. The number of hydrogen-bond donors (Lipinski definition) is 0. The molecule has 0 atom stereocenters. The zero-order valence-corrected chi connectivity index (χ0v) is 33.4. The van der Waals surface area contributed by atoms with Crippen LogP contribution in [-0.2, 0) is 25.1 Å². The molecule has 0 unspecified atom stereocenters. The largest absolute Gasteiger partial charge is 0.489 e. The third-order valence-corrected chi connectivity index (χ3v) is 11.1. The smallest absolute Gasteiger partial charge is 0.261 e. The summed E-state index contributed by atoms with van der Waals surface area (Å²) in [7, 11) is 0. The fraction of sp³-hybridized carbons (Fsp3) is 0.135. The zero-order valence-electron chi connectivity index (χ0n) is 33.4. The lowest BCUT2D eigenvalue weighted by atomic mass is 9.77. The van der Waals surface area contributed by atoms with Crippen molar-refractivity contribution in [2.75, 3.05) is 0 Å². The van der Waals surface area contributed by atoms with Gasteiger partial charge in [0.2, 0.25) is 0 Å². The second-order valence-electron chi connectivity index (χ2n) is 14.9. The minimum absolute atomic E-state index is 0.0485. The standard InChI is InChI=1S/C52H44N6O2/c1-2-3-28-49-53-48-34-31-39(37-60-44-24-14-7-15-25-44)35-47(48)51(59)57(49)36-38-29-32-40(33-30-38)45-26-16-17-27-46(45)50-54-55-56-58(50)52(41-18-8-4-9-19-41,42-20-10-5-11-21-42)43-22-12-6-13-23-43/h4-27,29-35H,2-3,28,36-37H2,1H3. The van der Waals surface area contributed by atoms with Crippen molar-refractivity contribution in [1.29, 1.82) is 0 Å². The van der Waals surface area contributed by atoms with Gasteiger partial charge in [-0.2, -0.15) is 0 Å². The Hall–Kier alpha value is -7.45. The van der Waals surface area contributed by atoms with E-state index >= 15 is 0 Å². The summed E-state index contributed by atoms with van der Waals surface area (Å²) < 4.78 is 9.81. The molecule has 294 valence electrons. The van der Waals surface area contributed by atoms with Crippen LogP contribution in [0.5, 0.6) is 5.75 Å². The van der Waals surface area contributed by atoms with Gasteiger partial charge >= 0.3 is 0 Å². The number of benzene rings is 7. The van der Waals surface area contributed by atoms with Crippen LogP contribution in [0, 0.1) is 0 Å². The molecule has 0 aliphatic carbocycles. The summed E-state index contributed by atoms with van der Waals surface area (Å²) in [5.74, 6) is 2.21. The molecule has 2 heterocycles. The van der Waals surface area contributed by atoms with Crippen molar-refractivity contribution in [2.45, 2.75) is 44.9 Å². The van der Waals surface area contributed by atoms with E-state index in [4.69, 9.17) is 20.0 Å². The van der Waals surface area contributed by atoms with Crippen LogP contribution in [0.3, 0.4) is 0 Å². The normalized spacial score (nSPS) is 11.5. The lowest BCUT2D eigenvalue weighted by Gasteiger charge is -2.36. The molecule has 8 nitrogen and oxygen atoms in total. The first-order chi connectivity index (χ1) is 29.6. The summed E-state index contributed by atoms with van der Waals surface area (Å²) in [6.45, 7) is 2.92. The molecule has 0 fully saturated rings. The van der Waals surface area contributed by atoms with Crippen molar-refractivity contribution >= 4 is 10.9 Å². The lowest BCUT2D eigenvalue weighted by Crippen LogP contribution is -2.39. The minimum Gasteiger partial charge on any atom is -0.489 e. The Morgan fingerprint density at radius 1 is 0.617 bits per heavy atom. The number of hydrogen-bond acceptors (Lipinski definition) is 6. The molecule has 8 heteroatoms. The van der Waals surface area contributed by atoms with Crippen LogP contribution in [-0.4, -0.2) is 29.8 Å². The van der Waals surface area contributed by atoms with Crippen LogP contribution in [0.25, 0.3) is 33.4 Å². The Morgan fingerprint density at radius 2 is 1.18 bits per heavy atom. The fourth-order valence-corrected chi connectivity index (χ4v) is 8.16. The Balaban J connectivity index is 1.08. The summed E-state index contributed by atoms with van der Waals surface area (Å²) in [5, 5.41) is 14.5. The SMILES string of the molecule is CCCCc1nc2ccc(COc3ccccc3)cc2c(=O)n1Cc1ccc(-c2ccccc2-c2nnnn2C(c2ccccc2)(c2ccccc2)c2ccccc2)cc1. The molecular formula is C52H44N6O2. The van der Waals surface area contributed by atoms with E-state index in [2.05, 4.69) is 121 Å². The van der Waals surface area contributed by atoms with Gasteiger partial charge in [-0.15, -0.1) is 5.10 Å². The molecule has 0 spiro atoms. The van der Waals surface area contributed by atoms with Gasteiger partial charge in [0.05, 0.1) is 17.4 Å². The number of aromatic nitrogens is 6. The third kappa shape index (κ3) is 7.39. The molecule has 0 N–H and O–H groups in total. The highest BCUT2D eigenvalue weighted by Gasteiger charge is 2.42. The summed E-state index contributed by atoms with van der Waals surface area (Å²) in [6.07, 6.45) is 2.66. The lowest BCUT2D eigenvalue weighted by molar-refractivity contribution is 0.306. The second-order valence-corrected chi connectivity index (χ2v) is 14.9. The van der Waals surface area contributed by atoms with Crippen LogP contribution in [0.15, 0.2) is 193 Å². The topological polar surface area (TPSA) is 87.7 Å². The predicted octanol–water partition coefficient (Wildman–Crippen LogP) is 10.5. The molecule has 0 radical (unpaired) electrons. The van der Waals surface area contributed by atoms with Gasteiger partial charge in [0.15, 0.2) is 5.82 Å². The van der Waals surface area contributed by atoms with Crippen LogP contribution >= 0.6 is 0 Å². The highest BCUT2D eigenvalue weighted by atomic mass is 16.5. The van der Waals surface area contributed by atoms with E-state index in [1.54, 1.807) is 0 Å². The number of aryl methyl sites for hydroxylation is 1. The average molecular weight is 785 g/mol. The van der Waals surface area contributed by atoms with Crippen molar-refractivity contribution in [3.8, 4) is 28.3 Å². The van der Waals surface area contributed by atoms with Gasteiger partial charge < -0.3 is 4.74 Å². The fourth-order valence-electron chi connectivity index (χ4n) is 8.16. The molecule has 9 rings (SSSR count). The molecule has 0 aliphatic rings. The van der Waals surface area contributed by atoms with E-state index in [1.165, 1.54) is 0 Å². The number of nitrogens with zero attached hydrogens (tertiary/aromatic N) is 6. The van der Waals surface area contributed by atoms with Gasteiger partial charge in [0, 0.05) is 12.0 Å². The summed E-state index contributed by atoms with van der Waals surface area (Å²) in [6, 6.07) is 63.5. The number of tetrazole rings is 1. The molecule has 0 aliphatic heterocycles.